The second-order valence-electron chi connectivity index (χ2n) is 6.63. The van der Waals surface area contributed by atoms with Gasteiger partial charge < -0.3 is 5.32 Å². The van der Waals surface area contributed by atoms with Crippen molar-refractivity contribution in [1.29, 1.82) is 0 Å². The Labute approximate surface area is 167 Å². The highest BCUT2D eigenvalue weighted by molar-refractivity contribution is 9.10. The standard InChI is InChI=1S/C23H20BrN3/c1-16-8-11-19(13-22(16)24)27-23-21-7-3-2-6-20(21)18(15-26-23)10-9-17-5-4-12-25-14-17/h2-8,11-15H,9-10H2,1H3,(H,26,27). The van der Waals surface area contributed by atoms with Crippen molar-refractivity contribution in [2.45, 2.75) is 19.8 Å². The molecular formula is C23H20BrN3. The van der Waals surface area contributed by atoms with Crippen LogP contribution in [0.25, 0.3) is 10.8 Å². The lowest BCUT2D eigenvalue weighted by atomic mass is 10.0. The number of rotatable bonds is 5. The van der Waals surface area contributed by atoms with Crippen molar-refractivity contribution in [1.82, 2.24) is 9.97 Å². The zero-order valence-electron chi connectivity index (χ0n) is 15.1. The van der Waals surface area contributed by atoms with E-state index in [1.807, 2.05) is 24.7 Å². The number of anilines is 2. The number of aromatic nitrogens is 2. The molecule has 0 aliphatic carbocycles. The lowest BCUT2D eigenvalue weighted by molar-refractivity contribution is 0.951. The first-order valence-corrected chi connectivity index (χ1v) is 9.79. The predicted octanol–water partition coefficient (Wildman–Crippen LogP) is 6.23. The van der Waals surface area contributed by atoms with Crippen LogP contribution in [0, 0.1) is 6.92 Å². The molecule has 3 nitrogen and oxygen atoms in total. The van der Waals surface area contributed by atoms with E-state index in [2.05, 4.69) is 81.7 Å². The van der Waals surface area contributed by atoms with Gasteiger partial charge in [0.2, 0.25) is 0 Å². The Kier molecular flexibility index (Phi) is 5.16. The molecule has 0 fully saturated rings. The molecule has 1 N–H and O–H groups in total. The van der Waals surface area contributed by atoms with Gasteiger partial charge in [-0.15, -0.1) is 0 Å². The van der Waals surface area contributed by atoms with Crippen LogP contribution in [0.3, 0.4) is 0 Å². The second kappa shape index (κ2) is 7.89. The van der Waals surface area contributed by atoms with E-state index in [9.17, 15) is 0 Å². The summed E-state index contributed by atoms with van der Waals surface area (Å²) in [5.41, 5.74) is 4.73. The van der Waals surface area contributed by atoms with E-state index in [4.69, 9.17) is 4.98 Å². The summed E-state index contributed by atoms with van der Waals surface area (Å²) in [4.78, 5) is 8.93. The molecule has 2 heterocycles. The molecule has 0 spiro atoms. The number of benzene rings is 2. The van der Waals surface area contributed by atoms with Crippen LogP contribution in [0.2, 0.25) is 0 Å². The van der Waals surface area contributed by atoms with Crippen LogP contribution in [0.15, 0.2) is 77.7 Å². The topological polar surface area (TPSA) is 37.8 Å². The summed E-state index contributed by atoms with van der Waals surface area (Å²) in [6.45, 7) is 2.08. The number of hydrogen-bond acceptors (Lipinski definition) is 3. The second-order valence-corrected chi connectivity index (χ2v) is 7.48. The summed E-state index contributed by atoms with van der Waals surface area (Å²) >= 11 is 3.60. The molecule has 27 heavy (non-hydrogen) atoms. The zero-order chi connectivity index (χ0) is 18.6. The van der Waals surface area contributed by atoms with Crippen molar-refractivity contribution < 1.29 is 0 Å². The molecule has 0 saturated carbocycles. The molecule has 4 heteroatoms. The molecule has 2 aromatic heterocycles. The van der Waals surface area contributed by atoms with Crippen molar-refractivity contribution in [3.8, 4) is 0 Å². The van der Waals surface area contributed by atoms with Gasteiger partial charge in [0.05, 0.1) is 0 Å². The smallest absolute Gasteiger partial charge is 0.138 e. The normalized spacial score (nSPS) is 10.9. The number of fused-ring (bicyclic) bond motifs is 1. The molecule has 4 rings (SSSR count). The highest BCUT2D eigenvalue weighted by atomic mass is 79.9. The van der Waals surface area contributed by atoms with Gasteiger partial charge in [0, 0.05) is 34.1 Å². The molecular weight excluding hydrogens is 398 g/mol. The van der Waals surface area contributed by atoms with Crippen LogP contribution in [0.5, 0.6) is 0 Å². The average molecular weight is 418 g/mol. The van der Waals surface area contributed by atoms with Gasteiger partial charge in [0.25, 0.3) is 0 Å². The number of hydrogen-bond donors (Lipinski definition) is 1. The maximum atomic E-state index is 4.72. The molecule has 4 aromatic rings. The third-order valence-corrected chi connectivity index (χ3v) is 5.57. The number of nitrogens with one attached hydrogen (secondary N) is 1. The average Bonchev–Trinajstić information content (AvgIpc) is 2.71. The Balaban J connectivity index is 1.64. The number of nitrogens with zero attached hydrogens (tertiary/aromatic N) is 2. The molecule has 0 radical (unpaired) electrons. The van der Waals surface area contributed by atoms with Crippen LogP contribution in [-0.4, -0.2) is 9.97 Å². The summed E-state index contributed by atoms with van der Waals surface area (Å²) in [7, 11) is 0. The number of halogens is 1. The van der Waals surface area contributed by atoms with Gasteiger partial charge in [0.1, 0.15) is 5.82 Å². The Morgan fingerprint density at radius 3 is 2.56 bits per heavy atom. The summed E-state index contributed by atoms with van der Waals surface area (Å²) in [6.07, 6.45) is 7.63. The summed E-state index contributed by atoms with van der Waals surface area (Å²) < 4.78 is 1.09. The molecule has 0 aliphatic heterocycles. The van der Waals surface area contributed by atoms with Gasteiger partial charge >= 0.3 is 0 Å². The lowest BCUT2D eigenvalue weighted by Crippen LogP contribution is -1.99. The SMILES string of the molecule is Cc1ccc(Nc2ncc(CCc3cccnc3)c3ccccc23)cc1Br. The fourth-order valence-electron chi connectivity index (χ4n) is 3.18. The number of aryl methyl sites for hydroxylation is 3. The van der Waals surface area contributed by atoms with Crippen molar-refractivity contribution in [2.75, 3.05) is 5.32 Å². The van der Waals surface area contributed by atoms with Gasteiger partial charge in [-0.3, -0.25) is 4.98 Å². The molecule has 2 aromatic carbocycles. The highest BCUT2D eigenvalue weighted by Crippen LogP contribution is 2.29. The number of pyridine rings is 2. The lowest BCUT2D eigenvalue weighted by Gasteiger charge is -2.13. The van der Waals surface area contributed by atoms with E-state index < -0.39 is 0 Å². The van der Waals surface area contributed by atoms with Gasteiger partial charge in [-0.05, 0) is 60.0 Å². The Morgan fingerprint density at radius 2 is 1.78 bits per heavy atom. The summed E-state index contributed by atoms with van der Waals surface area (Å²) in [6, 6.07) is 18.8. The van der Waals surface area contributed by atoms with E-state index in [-0.39, 0.29) is 0 Å². The van der Waals surface area contributed by atoms with Gasteiger partial charge in [0.15, 0.2) is 0 Å². The zero-order valence-corrected chi connectivity index (χ0v) is 16.7. The minimum atomic E-state index is 0.881. The maximum Gasteiger partial charge on any atom is 0.138 e. The monoisotopic (exact) mass is 417 g/mol. The van der Waals surface area contributed by atoms with E-state index >= 15 is 0 Å². The Morgan fingerprint density at radius 1 is 0.926 bits per heavy atom. The van der Waals surface area contributed by atoms with Crippen molar-refractivity contribution >= 4 is 38.2 Å². The molecule has 0 bridgehead atoms. The summed E-state index contributed by atoms with van der Waals surface area (Å²) in [5, 5.41) is 5.84. The molecule has 0 aliphatic rings. The quantitative estimate of drug-likeness (QED) is 0.418. The first kappa shape index (κ1) is 17.7. The van der Waals surface area contributed by atoms with Gasteiger partial charge in [-0.25, -0.2) is 4.98 Å². The van der Waals surface area contributed by atoms with Crippen LogP contribution < -0.4 is 5.32 Å². The predicted molar refractivity (Wildman–Crippen MR) is 116 cm³/mol. The van der Waals surface area contributed by atoms with E-state index in [0.29, 0.717) is 0 Å². The molecule has 0 unspecified atom stereocenters. The molecule has 134 valence electrons. The largest absolute Gasteiger partial charge is 0.340 e. The van der Waals surface area contributed by atoms with Crippen molar-refractivity contribution in [2.24, 2.45) is 0 Å². The molecule has 0 atom stereocenters. The fraction of sp³-hybridized carbons (Fsp3) is 0.130. The molecule has 0 amide bonds. The summed E-state index contributed by atoms with van der Waals surface area (Å²) in [5.74, 6) is 0.881. The van der Waals surface area contributed by atoms with Crippen LogP contribution in [0.4, 0.5) is 11.5 Å². The van der Waals surface area contributed by atoms with Gasteiger partial charge in [-0.1, -0.05) is 52.3 Å². The van der Waals surface area contributed by atoms with E-state index in [1.54, 1.807) is 0 Å². The minimum absolute atomic E-state index is 0.881. The third-order valence-electron chi connectivity index (χ3n) is 4.72. The Bertz CT molecular complexity index is 1080. The Hall–Kier alpha value is -2.72. The van der Waals surface area contributed by atoms with E-state index in [1.165, 1.54) is 22.1 Å². The van der Waals surface area contributed by atoms with Crippen molar-refractivity contribution in [3.63, 3.8) is 0 Å². The van der Waals surface area contributed by atoms with E-state index in [0.717, 1.165) is 34.2 Å². The first-order valence-electron chi connectivity index (χ1n) is 8.99. The first-order chi connectivity index (χ1) is 13.2. The van der Waals surface area contributed by atoms with Crippen LogP contribution >= 0.6 is 15.9 Å². The third kappa shape index (κ3) is 4.01. The van der Waals surface area contributed by atoms with Crippen LogP contribution in [-0.2, 0) is 12.8 Å². The van der Waals surface area contributed by atoms with Crippen LogP contribution in [0.1, 0.15) is 16.7 Å². The minimum Gasteiger partial charge on any atom is -0.340 e. The molecule has 0 saturated heterocycles. The van der Waals surface area contributed by atoms with Crippen molar-refractivity contribution in [3.05, 3.63) is 94.4 Å². The maximum absolute atomic E-state index is 4.72. The van der Waals surface area contributed by atoms with Gasteiger partial charge in [-0.2, -0.15) is 0 Å². The fourth-order valence-corrected chi connectivity index (χ4v) is 3.56. The highest BCUT2D eigenvalue weighted by Gasteiger charge is 2.08.